The Hall–Kier alpha value is -2.49. The zero-order chi connectivity index (χ0) is 13.4. The van der Waals surface area contributed by atoms with Gasteiger partial charge in [-0.25, -0.2) is 0 Å². The summed E-state index contributed by atoms with van der Waals surface area (Å²) < 4.78 is 1.73. The Morgan fingerprint density at radius 1 is 1.21 bits per heavy atom. The summed E-state index contributed by atoms with van der Waals surface area (Å²) in [6, 6.07) is 9.55. The highest BCUT2D eigenvalue weighted by Gasteiger charge is 2.17. The normalized spacial score (nSPS) is 10.8. The van der Waals surface area contributed by atoms with Crippen LogP contribution in [0.2, 0.25) is 0 Å². The van der Waals surface area contributed by atoms with Crippen LogP contribution in [0, 0.1) is 6.92 Å². The van der Waals surface area contributed by atoms with Gasteiger partial charge in [-0.1, -0.05) is 18.2 Å². The fourth-order valence-electron chi connectivity index (χ4n) is 2.20. The maximum absolute atomic E-state index is 12.5. The third-order valence-electron chi connectivity index (χ3n) is 3.11. The Kier molecular flexibility index (Phi) is 2.63. The van der Waals surface area contributed by atoms with Crippen LogP contribution in [-0.4, -0.2) is 20.5 Å². The van der Waals surface area contributed by atoms with Crippen LogP contribution in [0.5, 0.6) is 0 Å². The number of hydrogen-bond donors (Lipinski definition) is 0. The van der Waals surface area contributed by atoms with E-state index in [4.69, 9.17) is 0 Å². The SMILES string of the molecule is Cc1cncc(C(=O)c2nn(C)c3ccccc23)c1. The molecule has 0 aliphatic rings. The van der Waals surface area contributed by atoms with E-state index in [2.05, 4.69) is 10.1 Å². The molecule has 0 unspecified atom stereocenters. The van der Waals surface area contributed by atoms with E-state index in [0.717, 1.165) is 16.5 Å². The van der Waals surface area contributed by atoms with Gasteiger partial charge in [0, 0.05) is 30.4 Å². The second-order valence-corrected chi connectivity index (χ2v) is 4.57. The van der Waals surface area contributed by atoms with Gasteiger partial charge in [0.2, 0.25) is 5.78 Å². The summed E-state index contributed by atoms with van der Waals surface area (Å²) in [6.07, 6.45) is 3.31. The van der Waals surface area contributed by atoms with Crippen molar-refractivity contribution in [1.29, 1.82) is 0 Å². The predicted octanol–water partition coefficient (Wildman–Crippen LogP) is 2.51. The minimum absolute atomic E-state index is 0.0898. The lowest BCUT2D eigenvalue weighted by atomic mass is 10.1. The van der Waals surface area contributed by atoms with Crippen LogP contribution < -0.4 is 0 Å². The lowest BCUT2D eigenvalue weighted by Gasteiger charge is -1.99. The summed E-state index contributed by atoms with van der Waals surface area (Å²) in [5, 5.41) is 5.21. The molecule has 4 heteroatoms. The van der Waals surface area contributed by atoms with Gasteiger partial charge in [-0.05, 0) is 24.6 Å². The monoisotopic (exact) mass is 251 g/mol. The maximum Gasteiger partial charge on any atom is 0.215 e. The standard InChI is InChI=1S/C15H13N3O/c1-10-7-11(9-16-8-10)15(19)14-12-5-3-4-6-13(12)18(2)17-14/h3-9H,1-2H3. The number of benzene rings is 1. The Bertz CT molecular complexity index is 774. The number of pyridine rings is 1. The number of aryl methyl sites for hydroxylation is 2. The van der Waals surface area contributed by atoms with Crippen molar-refractivity contribution < 1.29 is 4.79 Å². The van der Waals surface area contributed by atoms with Gasteiger partial charge in [0.05, 0.1) is 5.52 Å². The summed E-state index contributed by atoms with van der Waals surface area (Å²) in [7, 11) is 1.84. The van der Waals surface area contributed by atoms with E-state index in [0.29, 0.717) is 11.3 Å². The molecule has 0 spiro atoms. The average molecular weight is 251 g/mol. The molecule has 19 heavy (non-hydrogen) atoms. The first-order chi connectivity index (χ1) is 9.16. The minimum atomic E-state index is -0.0898. The van der Waals surface area contributed by atoms with Gasteiger partial charge in [0.15, 0.2) is 0 Å². The molecular weight excluding hydrogens is 238 g/mol. The topological polar surface area (TPSA) is 47.8 Å². The number of ketones is 1. The average Bonchev–Trinajstić information content (AvgIpc) is 2.76. The van der Waals surface area contributed by atoms with Crippen molar-refractivity contribution in [2.75, 3.05) is 0 Å². The first-order valence-corrected chi connectivity index (χ1v) is 6.05. The van der Waals surface area contributed by atoms with Crippen molar-refractivity contribution in [2.45, 2.75) is 6.92 Å². The molecule has 0 atom stereocenters. The molecule has 0 amide bonds. The highest BCUT2D eigenvalue weighted by Crippen LogP contribution is 2.20. The number of aromatic nitrogens is 3. The van der Waals surface area contributed by atoms with Crippen molar-refractivity contribution in [3.8, 4) is 0 Å². The van der Waals surface area contributed by atoms with E-state index in [-0.39, 0.29) is 5.78 Å². The minimum Gasteiger partial charge on any atom is -0.287 e. The smallest absolute Gasteiger partial charge is 0.215 e. The van der Waals surface area contributed by atoms with E-state index in [9.17, 15) is 4.79 Å². The number of rotatable bonds is 2. The zero-order valence-corrected chi connectivity index (χ0v) is 10.8. The van der Waals surface area contributed by atoms with Gasteiger partial charge in [-0.15, -0.1) is 0 Å². The molecule has 0 bridgehead atoms. The van der Waals surface area contributed by atoms with Crippen molar-refractivity contribution in [2.24, 2.45) is 7.05 Å². The quantitative estimate of drug-likeness (QED) is 0.657. The Morgan fingerprint density at radius 3 is 2.79 bits per heavy atom. The van der Waals surface area contributed by atoms with Gasteiger partial charge < -0.3 is 0 Å². The van der Waals surface area contributed by atoms with Gasteiger partial charge in [0.25, 0.3) is 0 Å². The molecule has 0 saturated carbocycles. The first kappa shape index (κ1) is 11.6. The molecule has 0 N–H and O–H groups in total. The van der Waals surface area contributed by atoms with E-state index in [1.54, 1.807) is 17.1 Å². The Morgan fingerprint density at radius 2 is 2.00 bits per heavy atom. The molecule has 2 heterocycles. The summed E-state index contributed by atoms with van der Waals surface area (Å²) in [5.41, 5.74) is 2.96. The van der Waals surface area contributed by atoms with Gasteiger partial charge in [0.1, 0.15) is 5.69 Å². The summed E-state index contributed by atoms with van der Waals surface area (Å²) in [5.74, 6) is -0.0898. The summed E-state index contributed by atoms with van der Waals surface area (Å²) >= 11 is 0. The van der Waals surface area contributed by atoms with E-state index >= 15 is 0 Å². The van der Waals surface area contributed by atoms with Gasteiger partial charge >= 0.3 is 0 Å². The third-order valence-corrected chi connectivity index (χ3v) is 3.11. The van der Waals surface area contributed by atoms with Crippen molar-refractivity contribution in [1.82, 2.24) is 14.8 Å². The molecule has 94 valence electrons. The summed E-state index contributed by atoms with van der Waals surface area (Å²) in [4.78, 5) is 16.6. The van der Waals surface area contributed by atoms with Gasteiger partial charge in [-0.2, -0.15) is 5.10 Å². The highest BCUT2D eigenvalue weighted by molar-refractivity contribution is 6.14. The van der Waals surface area contributed by atoms with E-state index in [1.807, 2.05) is 44.3 Å². The van der Waals surface area contributed by atoms with E-state index < -0.39 is 0 Å². The molecule has 1 aromatic carbocycles. The third kappa shape index (κ3) is 1.91. The fourth-order valence-corrected chi connectivity index (χ4v) is 2.20. The second kappa shape index (κ2) is 4.31. The Balaban J connectivity index is 2.17. The predicted molar refractivity (Wildman–Crippen MR) is 73.1 cm³/mol. The van der Waals surface area contributed by atoms with Gasteiger partial charge in [-0.3, -0.25) is 14.5 Å². The molecule has 0 saturated heterocycles. The van der Waals surface area contributed by atoms with Crippen molar-refractivity contribution >= 4 is 16.7 Å². The molecule has 0 radical (unpaired) electrons. The Labute approximate surface area is 110 Å². The lowest BCUT2D eigenvalue weighted by Crippen LogP contribution is -2.04. The summed E-state index contributed by atoms with van der Waals surface area (Å²) in [6.45, 7) is 1.92. The number of fused-ring (bicyclic) bond motifs is 1. The number of para-hydroxylation sites is 1. The van der Waals surface area contributed by atoms with Crippen LogP contribution >= 0.6 is 0 Å². The van der Waals surface area contributed by atoms with Crippen molar-refractivity contribution in [3.05, 3.63) is 59.5 Å². The number of nitrogens with zero attached hydrogens (tertiary/aromatic N) is 3. The molecule has 0 aliphatic carbocycles. The second-order valence-electron chi connectivity index (χ2n) is 4.57. The molecular formula is C15H13N3O. The number of carbonyl (C=O) groups is 1. The molecule has 4 nitrogen and oxygen atoms in total. The van der Waals surface area contributed by atoms with Crippen molar-refractivity contribution in [3.63, 3.8) is 0 Å². The van der Waals surface area contributed by atoms with E-state index in [1.165, 1.54) is 0 Å². The maximum atomic E-state index is 12.5. The van der Waals surface area contributed by atoms with Crippen LogP contribution in [0.3, 0.4) is 0 Å². The fraction of sp³-hybridized carbons (Fsp3) is 0.133. The first-order valence-electron chi connectivity index (χ1n) is 6.05. The zero-order valence-electron chi connectivity index (χ0n) is 10.8. The largest absolute Gasteiger partial charge is 0.287 e. The molecule has 0 aliphatic heterocycles. The van der Waals surface area contributed by atoms with Crippen LogP contribution in [-0.2, 0) is 7.05 Å². The molecule has 3 rings (SSSR count). The van der Waals surface area contributed by atoms with Crippen LogP contribution in [0.4, 0.5) is 0 Å². The lowest BCUT2D eigenvalue weighted by molar-refractivity contribution is 0.103. The molecule has 2 aromatic heterocycles. The number of hydrogen-bond acceptors (Lipinski definition) is 3. The van der Waals surface area contributed by atoms with Crippen LogP contribution in [0.1, 0.15) is 21.6 Å². The van der Waals surface area contributed by atoms with Crippen LogP contribution in [0.25, 0.3) is 10.9 Å². The number of carbonyl (C=O) groups excluding carboxylic acids is 1. The highest BCUT2D eigenvalue weighted by atomic mass is 16.1. The molecule has 3 aromatic rings. The van der Waals surface area contributed by atoms with Crippen LogP contribution in [0.15, 0.2) is 42.7 Å². The molecule has 0 fully saturated rings.